The molecule has 0 spiro atoms. The van der Waals surface area contributed by atoms with E-state index in [9.17, 15) is 0 Å². The van der Waals surface area contributed by atoms with E-state index in [0.29, 0.717) is 14.5 Å². The van der Waals surface area contributed by atoms with E-state index in [4.69, 9.17) is 0 Å². The molecular formula is C6H4N2Se. The Morgan fingerprint density at radius 1 is 1.44 bits per heavy atom. The summed E-state index contributed by atoms with van der Waals surface area (Å²) in [6, 6.07) is 2.08. The van der Waals surface area contributed by atoms with Gasteiger partial charge in [0.05, 0.1) is 0 Å². The average Bonchev–Trinajstić information content (AvgIpc) is 2.33. The Hall–Kier alpha value is -0.661. The zero-order valence-electron chi connectivity index (χ0n) is 4.61. The summed E-state index contributed by atoms with van der Waals surface area (Å²) in [7, 11) is 0. The first-order valence-corrected chi connectivity index (χ1v) is 4.44. The zero-order valence-corrected chi connectivity index (χ0v) is 6.33. The molecule has 2 aromatic rings. The van der Waals surface area contributed by atoms with Crippen molar-refractivity contribution in [3.63, 3.8) is 0 Å². The van der Waals surface area contributed by atoms with Crippen LogP contribution in [0.2, 0.25) is 0 Å². The molecule has 2 rings (SSSR count). The minimum atomic E-state index is 0.471. The van der Waals surface area contributed by atoms with Gasteiger partial charge in [-0.1, -0.05) is 0 Å². The van der Waals surface area contributed by atoms with Gasteiger partial charge in [-0.05, 0) is 0 Å². The predicted molar refractivity (Wildman–Crippen MR) is 36.5 cm³/mol. The molecule has 44 valence electrons. The maximum absolute atomic E-state index is 4.11. The summed E-state index contributed by atoms with van der Waals surface area (Å²) in [5.74, 6) is 0. The quantitative estimate of drug-likeness (QED) is 0.561. The van der Waals surface area contributed by atoms with Crippen LogP contribution >= 0.6 is 0 Å². The third-order valence-electron chi connectivity index (χ3n) is 1.13. The van der Waals surface area contributed by atoms with Gasteiger partial charge in [0.1, 0.15) is 0 Å². The van der Waals surface area contributed by atoms with E-state index in [1.54, 1.807) is 6.33 Å². The molecule has 0 aromatic carbocycles. The fourth-order valence-electron chi connectivity index (χ4n) is 0.714. The minimum absolute atomic E-state index is 0.471. The van der Waals surface area contributed by atoms with Crippen molar-refractivity contribution < 1.29 is 0 Å². The Morgan fingerprint density at radius 2 is 2.44 bits per heavy atom. The molecule has 9 heavy (non-hydrogen) atoms. The first kappa shape index (κ1) is 5.15. The van der Waals surface area contributed by atoms with Crippen molar-refractivity contribution in [3.8, 4) is 0 Å². The number of nitrogens with zero attached hydrogens (tertiary/aromatic N) is 2. The van der Waals surface area contributed by atoms with E-state index < -0.39 is 0 Å². The Labute approximate surface area is 58.3 Å². The third-order valence-corrected chi connectivity index (χ3v) is 2.88. The van der Waals surface area contributed by atoms with Gasteiger partial charge >= 0.3 is 57.8 Å². The van der Waals surface area contributed by atoms with Crippen LogP contribution in [0.1, 0.15) is 0 Å². The van der Waals surface area contributed by atoms with E-state index in [1.165, 1.54) is 9.78 Å². The molecule has 0 aliphatic carbocycles. The molecule has 0 N–H and O–H groups in total. The summed E-state index contributed by atoms with van der Waals surface area (Å²) >= 11 is 0.471. The van der Waals surface area contributed by atoms with Crippen molar-refractivity contribution in [3.05, 3.63) is 23.5 Å². The fourth-order valence-corrected chi connectivity index (χ4v) is 2.20. The number of aromatic nitrogens is 2. The monoisotopic (exact) mass is 184 g/mol. The van der Waals surface area contributed by atoms with Gasteiger partial charge in [-0.15, -0.1) is 0 Å². The molecule has 0 unspecified atom stereocenters. The Morgan fingerprint density at radius 3 is 3.33 bits per heavy atom. The second-order valence-electron chi connectivity index (χ2n) is 1.70. The number of hydrogen-bond donors (Lipinski definition) is 0. The van der Waals surface area contributed by atoms with Crippen LogP contribution in [-0.2, 0) is 0 Å². The molecule has 0 fully saturated rings. The fraction of sp³-hybridized carbons (Fsp3) is 0. The molecule has 0 bridgehead atoms. The summed E-state index contributed by atoms with van der Waals surface area (Å²) in [6.07, 6.45) is 3.46. The normalized spacial score (nSPS) is 10.2. The van der Waals surface area contributed by atoms with Gasteiger partial charge in [0.2, 0.25) is 0 Å². The number of hydrogen-bond acceptors (Lipinski definition) is 2. The average molecular weight is 183 g/mol. The standard InChI is InChI=1S/C6H4N2Se/c1-2-9-6-5(1)3-7-4-8-6/h1-4H. The first-order valence-electron chi connectivity index (χ1n) is 2.60. The van der Waals surface area contributed by atoms with Crippen molar-refractivity contribution in [2.24, 2.45) is 0 Å². The molecule has 2 heterocycles. The van der Waals surface area contributed by atoms with Crippen LogP contribution in [-0.4, -0.2) is 24.5 Å². The molecule has 2 aromatic heterocycles. The molecule has 3 heteroatoms. The maximum atomic E-state index is 4.11. The number of fused-ring (bicyclic) bond motifs is 1. The van der Waals surface area contributed by atoms with E-state index in [0.717, 1.165) is 0 Å². The molecule has 0 amide bonds. The van der Waals surface area contributed by atoms with Crippen molar-refractivity contribution in [2.75, 3.05) is 0 Å². The van der Waals surface area contributed by atoms with Crippen LogP contribution in [0.4, 0.5) is 0 Å². The summed E-state index contributed by atoms with van der Waals surface area (Å²) in [5, 5.41) is 1.19. The Balaban J connectivity index is 2.95. The Bertz CT molecular complexity index is 285. The van der Waals surface area contributed by atoms with Gasteiger partial charge in [-0.3, -0.25) is 0 Å². The van der Waals surface area contributed by atoms with Crippen LogP contribution < -0.4 is 0 Å². The van der Waals surface area contributed by atoms with E-state index in [-0.39, 0.29) is 0 Å². The predicted octanol–water partition coefficient (Wildman–Crippen LogP) is 0.687. The number of rotatable bonds is 0. The van der Waals surface area contributed by atoms with Crippen LogP contribution in [0.15, 0.2) is 23.5 Å². The van der Waals surface area contributed by atoms with Crippen molar-refractivity contribution in [1.82, 2.24) is 9.97 Å². The van der Waals surface area contributed by atoms with Crippen LogP contribution in [0.5, 0.6) is 0 Å². The molecule has 0 saturated carbocycles. The zero-order chi connectivity index (χ0) is 6.10. The van der Waals surface area contributed by atoms with Gasteiger partial charge in [-0.2, -0.15) is 0 Å². The summed E-state index contributed by atoms with van der Waals surface area (Å²) < 4.78 is 1.21. The summed E-state index contributed by atoms with van der Waals surface area (Å²) in [5.41, 5.74) is 0. The molecule has 0 radical (unpaired) electrons. The van der Waals surface area contributed by atoms with Crippen LogP contribution in [0, 0.1) is 0 Å². The molecule has 0 saturated heterocycles. The van der Waals surface area contributed by atoms with Crippen molar-refractivity contribution in [1.29, 1.82) is 0 Å². The molecule has 0 aliphatic heterocycles. The topological polar surface area (TPSA) is 25.8 Å². The molecule has 0 aliphatic rings. The molecular weight excluding hydrogens is 179 g/mol. The van der Waals surface area contributed by atoms with E-state index >= 15 is 0 Å². The molecule has 2 nitrogen and oxygen atoms in total. The van der Waals surface area contributed by atoms with Crippen molar-refractivity contribution in [2.45, 2.75) is 0 Å². The summed E-state index contributed by atoms with van der Waals surface area (Å²) in [4.78, 5) is 10.2. The van der Waals surface area contributed by atoms with E-state index in [1.807, 2.05) is 6.20 Å². The van der Waals surface area contributed by atoms with Crippen LogP contribution in [0.25, 0.3) is 9.78 Å². The second-order valence-corrected chi connectivity index (χ2v) is 3.58. The van der Waals surface area contributed by atoms with Crippen LogP contribution in [0.3, 0.4) is 0 Å². The molecule has 0 atom stereocenters. The van der Waals surface area contributed by atoms with E-state index in [2.05, 4.69) is 21.0 Å². The van der Waals surface area contributed by atoms with Gasteiger partial charge in [0.25, 0.3) is 0 Å². The first-order chi connectivity index (χ1) is 4.47. The van der Waals surface area contributed by atoms with Crippen molar-refractivity contribution >= 4 is 24.3 Å². The van der Waals surface area contributed by atoms with Gasteiger partial charge in [-0.25, -0.2) is 0 Å². The second kappa shape index (κ2) is 1.94. The third kappa shape index (κ3) is 0.784. The van der Waals surface area contributed by atoms with Gasteiger partial charge < -0.3 is 0 Å². The van der Waals surface area contributed by atoms with Gasteiger partial charge in [0, 0.05) is 0 Å². The Kier molecular flexibility index (Phi) is 1.11. The SMILES string of the molecule is c1ncc2cc[se]c2n1. The summed E-state index contributed by atoms with van der Waals surface area (Å²) in [6.45, 7) is 0. The van der Waals surface area contributed by atoms with Gasteiger partial charge in [0.15, 0.2) is 0 Å².